The fourth-order valence-corrected chi connectivity index (χ4v) is 3.56. The van der Waals surface area contributed by atoms with Crippen molar-refractivity contribution in [1.82, 2.24) is 10.3 Å². The zero-order valence-corrected chi connectivity index (χ0v) is 17.3. The summed E-state index contributed by atoms with van der Waals surface area (Å²) in [5, 5.41) is 14.3. The maximum Gasteiger partial charge on any atom is 0.433 e. The lowest BCUT2D eigenvalue weighted by Gasteiger charge is -2.38. The number of carbonyl (C=O) groups excluding carboxylic acids is 2. The number of amides is 2. The van der Waals surface area contributed by atoms with Gasteiger partial charge in [-0.2, -0.15) is 5.10 Å². The number of likely N-dealkylation sites (tertiary alicyclic amines) is 1. The Morgan fingerprint density at radius 3 is 2.52 bits per heavy atom. The Morgan fingerprint density at radius 2 is 1.90 bits per heavy atom. The molecule has 1 N–H and O–H groups in total. The third kappa shape index (κ3) is 5.68. The molecular formula is C21H24N4O6. The van der Waals surface area contributed by atoms with E-state index in [9.17, 15) is 19.7 Å². The predicted molar refractivity (Wildman–Crippen MR) is 112 cm³/mol. The van der Waals surface area contributed by atoms with Crippen molar-refractivity contribution in [2.24, 2.45) is 5.10 Å². The second kappa shape index (κ2) is 9.88. The van der Waals surface area contributed by atoms with Crippen LogP contribution >= 0.6 is 0 Å². The average Bonchev–Trinajstić information content (AvgIpc) is 3.22. The summed E-state index contributed by atoms with van der Waals surface area (Å²) in [6, 6.07) is 9.28. The number of nitro groups is 1. The summed E-state index contributed by atoms with van der Waals surface area (Å²) >= 11 is 0. The smallest absolute Gasteiger partial charge is 0.433 e. The van der Waals surface area contributed by atoms with Crippen LogP contribution in [-0.4, -0.2) is 46.5 Å². The number of nitrogens with one attached hydrogen (secondary N) is 1. The highest BCUT2D eigenvalue weighted by Gasteiger charge is 2.28. The van der Waals surface area contributed by atoms with Gasteiger partial charge in [-0.3, -0.25) is 19.7 Å². The number of hydrogen-bond donors (Lipinski definition) is 1. The van der Waals surface area contributed by atoms with Crippen LogP contribution in [0, 0.1) is 10.1 Å². The third-order valence-electron chi connectivity index (χ3n) is 5.11. The standard InChI is InChI=1S/C21H24N4O6/c1-14-4-3-5-15(2)24(14)19(26)13-30-17-8-6-16(7-9-17)21(27)23-22-12-18-10-11-20(31-18)25(28)29/h6-12,14-15H,3-5,13H2,1-2H3,(H,23,27)/b22-12+. The van der Waals surface area contributed by atoms with Crippen LogP contribution in [0.5, 0.6) is 5.75 Å². The topological polar surface area (TPSA) is 127 Å². The average molecular weight is 428 g/mol. The molecule has 1 aliphatic heterocycles. The third-order valence-corrected chi connectivity index (χ3v) is 5.11. The van der Waals surface area contributed by atoms with Gasteiger partial charge in [0.15, 0.2) is 12.4 Å². The van der Waals surface area contributed by atoms with E-state index >= 15 is 0 Å². The van der Waals surface area contributed by atoms with Gasteiger partial charge in [-0.1, -0.05) is 0 Å². The highest BCUT2D eigenvalue weighted by Crippen LogP contribution is 2.23. The first-order chi connectivity index (χ1) is 14.8. The Bertz CT molecular complexity index is 959. The van der Waals surface area contributed by atoms with Crippen LogP contribution < -0.4 is 10.2 Å². The predicted octanol–water partition coefficient (Wildman–Crippen LogP) is 3.12. The first-order valence-electron chi connectivity index (χ1n) is 9.97. The lowest BCUT2D eigenvalue weighted by Crippen LogP contribution is -2.49. The van der Waals surface area contributed by atoms with Crippen LogP contribution in [0.1, 0.15) is 49.2 Å². The molecule has 3 rings (SSSR count). The zero-order chi connectivity index (χ0) is 22.4. The van der Waals surface area contributed by atoms with Gasteiger partial charge in [0.05, 0.1) is 12.3 Å². The van der Waals surface area contributed by atoms with Gasteiger partial charge in [-0.15, -0.1) is 0 Å². The molecule has 0 spiro atoms. The maximum absolute atomic E-state index is 12.5. The van der Waals surface area contributed by atoms with E-state index in [-0.39, 0.29) is 30.4 Å². The largest absolute Gasteiger partial charge is 0.484 e. The van der Waals surface area contributed by atoms with Crippen LogP contribution in [0.3, 0.4) is 0 Å². The molecule has 10 heteroatoms. The fourth-order valence-electron chi connectivity index (χ4n) is 3.56. The number of nitrogens with zero attached hydrogens (tertiary/aromatic N) is 3. The van der Waals surface area contributed by atoms with Crippen molar-refractivity contribution in [2.45, 2.75) is 45.2 Å². The highest BCUT2D eigenvalue weighted by atomic mass is 16.6. The first-order valence-corrected chi connectivity index (χ1v) is 9.97. The number of carbonyl (C=O) groups is 2. The minimum atomic E-state index is -0.666. The lowest BCUT2D eigenvalue weighted by atomic mass is 9.97. The van der Waals surface area contributed by atoms with Crippen molar-refractivity contribution in [3.8, 4) is 5.75 Å². The van der Waals surface area contributed by atoms with Gasteiger partial charge in [0, 0.05) is 17.6 Å². The van der Waals surface area contributed by atoms with E-state index in [0.717, 1.165) is 25.5 Å². The van der Waals surface area contributed by atoms with Crippen molar-refractivity contribution in [3.63, 3.8) is 0 Å². The van der Waals surface area contributed by atoms with Crippen LogP contribution in [0.2, 0.25) is 0 Å². The molecule has 1 aromatic heterocycles. The monoisotopic (exact) mass is 428 g/mol. The van der Waals surface area contributed by atoms with E-state index in [4.69, 9.17) is 9.15 Å². The molecule has 31 heavy (non-hydrogen) atoms. The summed E-state index contributed by atoms with van der Waals surface area (Å²) < 4.78 is 10.5. The molecule has 0 saturated carbocycles. The van der Waals surface area contributed by atoms with E-state index in [0.29, 0.717) is 11.3 Å². The number of ether oxygens (including phenoxy) is 1. The molecule has 2 atom stereocenters. The second-order valence-electron chi connectivity index (χ2n) is 7.38. The van der Waals surface area contributed by atoms with Gasteiger partial charge in [-0.05, 0) is 63.4 Å². The zero-order valence-electron chi connectivity index (χ0n) is 17.3. The molecule has 1 fully saturated rings. The summed E-state index contributed by atoms with van der Waals surface area (Å²) in [6.07, 6.45) is 4.29. The van der Waals surface area contributed by atoms with E-state index in [2.05, 4.69) is 24.4 Å². The summed E-state index contributed by atoms with van der Waals surface area (Å²) in [4.78, 5) is 36.4. The van der Waals surface area contributed by atoms with Crippen LogP contribution in [0.4, 0.5) is 5.88 Å². The van der Waals surface area contributed by atoms with Gasteiger partial charge >= 0.3 is 5.88 Å². The Labute approximate surface area is 179 Å². The van der Waals surface area contributed by atoms with E-state index in [1.54, 1.807) is 24.3 Å². The molecular weight excluding hydrogens is 404 g/mol. The van der Waals surface area contributed by atoms with E-state index in [1.165, 1.54) is 12.1 Å². The lowest BCUT2D eigenvalue weighted by molar-refractivity contribution is -0.402. The van der Waals surface area contributed by atoms with Gasteiger partial charge in [0.1, 0.15) is 10.7 Å². The quantitative estimate of drug-likeness (QED) is 0.410. The van der Waals surface area contributed by atoms with Gasteiger partial charge in [-0.25, -0.2) is 5.43 Å². The van der Waals surface area contributed by atoms with E-state index in [1.807, 2.05) is 4.90 Å². The molecule has 0 bridgehead atoms. The minimum absolute atomic E-state index is 0.0472. The molecule has 2 heterocycles. The highest BCUT2D eigenvalue weighted by molar-refractivity contribution is 5.94. The molecule has 1 saturated heterocycles. The molecule has 2 unspecified atom stereocenters. The van der Waals surface area contributed by atoms with Crippen molar-refractivity contribution >= 4 is 23.9 Å². The van der Waals surface area contributed by atoms with Gasteiger partial charge in [0.25, 0.3) is 11.8 Å². The Kier molecular flexibility index (Phi) is 7.01. The summed E-state index contributed by atoms with van der Waals surface area (Å²) in [5.74, 6) is -0.317. The minimum Gasteiger partial charge on any atom is -0.484 e. The summed E-state index contributed by atoms with van der Waals surface area (Å²) in [6.45, 7) is 4.05. The van der Waals surface area contributed by atoms with Crippen molar-refractivity contribution < 1.29 is 23.7 Å². The number of hydrazone groups is 1. The van der Waals surface area contributed by atoms with Crippen molar-refractivity contribution in [3.05, 3.63) is 57.8 Å². The number of piperidine rings is 1. The molecule has 0 aliphatic carbocycles. The van der Waals surface area contributed by atoms with Crippen molar-refractivity contribution in [2.75, 3.05) is 6.61 Å². The summed E-state index contributed by atoms with van der Waals surface area (Å²) in [7, 11) is 0. The second-order valence-corrected chi connectivity index (χ2v) is 7.38. The first kappa shape index (κ1) is 22.0. The van der Waals surface area contributed by atoms with Crippen LogP contribution in [0.25, 0.3) is 0 Å². The molecule has 1 aromatic carbocycles. The van der Waals surface area contributed by atoms with Crippen molar-refractivity contribution in [1.29, 1.82) is 0 Å². The Morgan fingerprint density at radius 1 is 1.23 bits per heavy atom. The number of furan rings is 1. The molecule has 2 aromatic rings. The molecule has 164 valence electrons. The van der Waals surface area contributed by atoms with E-state index < -0.39 is 16.7 Å². The van der Waals surface area contributed by atoms with Crippen LogP contribution in [-0.2, 0) is 4.79 Å². The van der Waals surface area contributed by atoms with Gasteiger partial charge < -0.3 is 14.1 Å². The number of hydrogen-bond acceptors (Lipinski definition) is 7. The SMILES string of the molecule is CC1CCCC(C)N1C(=O)COc1ccc(C(=O)N/N=C/c2ccc([N+](=O)[O-])o2)cc1. The number of benzene rings is 1. The molecule has 0 radical (unpaired) electrons. The van der Waals surface area contributed by atoms with Crippen LogP contribution in [0.15, 0.2) is 45.9 Å². The maximum atomic E-state index is 12.5. The molecule has 10 nitrogen and oxygen atoms in total. The fraction of sp³-hybridized carbons (Fsp3) is 0.381. The Hall–Kier alpha value is -3.69. The Balaban J connectivity index is 1.49. The van der Waals surface area contributed by atoms with Gasteiger partial charge in [0.2, 0.25) is 0 Å². The molecule has 1 aliphatic rings. The summed E-state index contributed by atoms with van der Waals surface area (Å²) in [5.41, 5.74) is 2.64. The molecule has 2 amide bonds. The number of rotatable bonds is 7. The normalized spacial score (nSPS) is 18.7.